The van der Waals surface area contributed by atoms with Crippen LogP contribution in [0.2, 0.25) is 5.02 Å². The summed E-state index contributed by atoms with van der Waals surface area (Å²) < 4.78 is 0. The molecule has 3 nitrogen and oxygen atoms in total. The van der Waals surface area contributed by atoms with Gasteiger partial charge in [0.05, 0.1) is 5.02 Å². The fourth-order valence-corrected chi connectivity index (χ4v) is 3.09. The third-order valence-electron chi connectivity index (χ3n) is 4.16. The summed E-state index contributed by atoms with van der Waals surface area (Å²) in [5, 5.41) is 4.30. The number of nitrogens with zero attached hydrogens (tertiary/aromatic N) is 2. The van der Waals surface area contributed by atoms with Gasteiger partial charge in [-0.05, 0) is 43.7 Å². The fraction of sp³-hybridized carbons (Fsp3) is 0.667. The molecule has 2 atom stereocenters. The van der Waals surface area contributed by atoms with Gasteiger partial charge < -0.3 is 10.2 Å². The molecule has 2 unspecified atom stereocenters. The van der Waals surface area contributed by atoms with Crippen molar-refractivity contribution in [3.63, 3.8) is 0 Å². The van der Waals surface area contributed by atoms with Gasteiger partial charge in [0, 0.05) is 31.4 Å². The van der Waals surface area contributed by atoms with Crippen molar-refractivity contribution in [1.29, 1.82) is 0 Å². The molecular weight excluding hydrogens is 258 g/mol. The SMILES string of the molecule is CC1CC(C)N(c2cc(CNC3CC3)c(Cl)cn2)C1. The van der Waals surface area contributed by atoms with Crippen molar-refractivity contribution >= 4 is 17.4 Å². The van der Waals surface area contributed by atoms with E-state index in [0.717, 1.165) is 29.8 Å². The number of hydrogen-bond acceptors (Lipinski definition) is 3. The van der Waals surface area contributed by atoms with E-state index in [-0.39, 0.29) is 0 Å². The highest BCUT2D eigenvalue weighted by Crippen LogP contribution is 2.29. The summed E-state index contributed by atoms with van der Waals surface area (Å²) in [6, 6.07) is 3.44. The molecule has 0 spiro atoms. The van der Waals surface area contributed by atoms with E-state index in [1.54, 1.807) is 6.20 Å². The number of anilines is 1. The molecule has 1 aromatic heterocycles. The van der Waals surface area contributed by atoms with Crippen LogP contribution in [0.3, 0.4) is 0 Å². The van der Waals surface area contributed by atoms with E-state index in [1.807, 2.05) is 0 Å². The van der Waals surface area contributed by atoms with Crippen LogP contribution in [0.5, 0.6) is 0 Å². The van der Waals surface area contributed by atoms with Crippen LogP contribution in [0.15, 0.2) is 12.3 Å². The molecule has 1 saturated carbocycles. The van der Waals surface area contributed by atoms with Gasteiger partial charge in [0.25, 0.3) is 0 Å². The normalized spacial score (nSPS) is 27.0. The van der Waals surface area contributed by atoms with Crippen molar-refractivity contribution in [3.05, 3.63) is 22.8 Å². The van der Waals surface area contributed by atoms with Crippen molar-refractivity contribution in [2.24, 2.45) is 5.92 Å². The highest BCUT2D eigenvalue weighted by molar-refractivity contribution is 6.31. The minimum absolute atomic E-state index is 0.577. The van der Waals surface area contributed by atoms with E-state index in [0.29, 0.717) is 12.1 Å². The molecule has 1 aliphatic heterocycles. The minimum Gasteiger partial charge on any atom is -0.354 e. The second-order valence-electron chi connectivity index (χ2n) is 6.13. The van der Waals surface area contributed by atoms with E-state index in [1.165, 1.54) is 24.8 Å². The average molecular weight is 280 g/mol. The van der Waals surface area contributed by atoms with Crippen molar-refractivity contribution < 1.29 is 0 Å². The van der Waals surface area contributed by atoms with Crippen LogP contribution in [0.25, 0.3) is 0 Å². The van der Waals surface area contributed by atoms with Crippen molar-refractivity contribution in [3.8, 4) is 0 Å². The first kappa shape index (κ1) is 13.2. The largest absolute Gasteiger partial charge is 0.354 e. The molecular formula is C15H22ClN3. The van der Waals surface area contributed by atoms with Crippen LogP contribution in [0.4, 0.5) is 5.82 Å². The molecule has 2 fully saturated rings. The maximum Gasteiger partial charge on any atom is 0.129 e. The van der Waals surface area contributed by atoms with Crippen LogP contribution in [-0.2, 0) is 6.54 Å². The lowest BCUT2D eigenvalue weighted by molar-refractivity contribution is 0.625. The second-order valence-corrected chi connectivity index (χ2v) is 6.54. The summed E-state index contributed by atoms with van der Waals surface area (Å²) in [7, 11) is 0. The lowest BCUT2D eigenvalue weighted by atomic mass is 10.1. The lowest BCUT2D eigenvalue weighted by Crippen LogP contribution is -2.28. The molecule has 0 bridgehead atoms. The van der Waals surface area contributed by atoms with Crippen molar-refractivity contribution in [2.75, 3.05) is 11.4 Å². The zero-order valence-electron chi connectivity index (χ0n) is 11.7. The molecule has 1 saturated heterocycles. The zero-order valence-corrected chi connectivity index (χ0v) is 12.5. The molecule has 3 rings (SSSR count). The number of rotatable bonds is 4. The fourth-order valence-electron chi connectivity index (χ4n) is 2.92. The molecule has 0 radical (unpaired) electrons. The molecule has 1 aliphatic carbocycles. The summed E-state index contributed by atoms with van der Waals surface area (Å²) in [5.74, 6) is 1.83. The van der Waals surface area contributed by atoms with Gasteiger partial charge in [0.2, 0.25) is 0 Å². The number of halogens is 1. The highest BCUT2D eigenvalue weighted by Gasteiger charge is 2.27. The first-order valence-electron chi connectivity index (χ1n) is 7.28. The van der Waals surface area contributed by atoms with Crippen LogP contribution in [0.1, 0.15) is 38.7 Å². The summed E-state index contributed by atoms with van der Waals surface area (Å²) in [6.45, 7) is 6.55. The minimum atomic E-state index is 0.577. The monoisotopic (exact) mass is 279 g/mol. The van der Waals surface area contributed by atoms with E-state index in [2.05, 4.69) is 35.1 Å². The van der Waals surface area contributed by atoms with Crippen LogP contribution in [0, 0.1) is 5.92 Å². The summed E-state index contributed by atoms with van der Waals surface area (Å²) in [5.41, 5.74) is 1.17. The smallest absolute Gasteiger partial charge is 0.129 e. The Labute approximate surface area is 120 Å². The van der Waals surface area contributed by atoms with Gasteiger partial charge in [-0.1, -0.05) is 18.5 Å². The Hall–Kier alpha value is -0.800. The second kappa shape index (κ2) is 5.29. The van der Waals surface area contributed by atoms with Gasteiger partial charge in [-0.25, -0.2) is 4.98 Å². The van der Waals surface area contributed by atoms with Crippen LogP contribution in [-0.4, -0.2) is 23.6 Å². The predicted molar refractivity (Wildman–Crippen MR) is 79.7 cm³/mol. The average Bonchev–Trinajstić information content (AvgIpc) is 3.13. The van der Waals surface area contributed by atoms with Gasteiger partial charge in [-0.3, -0.25) is 0 Å². The van der Waals surface area contributed by atoms with Crippen LogP contribution < -0.4 is 10.2 Å². The van der Waals surface area contributed by atoms with E-state index < -0.39 is 0 Å². The zero-order chi connectivity index (χ0) is 13.4. The maximum absolute atomic E-state index is 6.25. The Balaban J connectivity index is 1.75. The number of nitrogens with one attached hydrogen (secondary N) is 1. The maximum atomic E-state index is 6.25. The third-order valence-corrected chi connectivity index (χ3v) is 4.50. The molecule has 19 heavy (non-hydrogen) atoms. The first-order chi connectivity index (χ1) is 9.13. The molecule has 104 valence electrons. The van der Waals surface area contributed by atoms with Gasteiger partial charge in [0.15, 0.2) is 0 Å². The van der Waals surface area contributed by atoms with E-state index in [4.69, 9.17) is 11.6 Å². The highest BCUT2D eigenvalue weighted by atomic mass is 35.5. The Morgan fingerprint density at radius 3 is 2.84 bits per heavy atom. The predicted octanol–water partition coefficient (Wildman–Crippen LogP) is 3.22. The number of aromatic nitrogens is 1. The molecule has 2 heterocycles. The molecule has 1 N–H and O–H groups in total. The summed E-state index contributed by atoms with van der Waals surface area (Å²) in [4.78, 5) is 6.92. The molecule has 4 heteroatoms. The molecule has 2 aliphatic rings. The van der Waals surface area contributed by atoms with Gasteiger partial charge >= 0.3 is 0 Å². The Morgan fingerprint density at radius 1 is 1.42 bits per heavy atom. The Bertz CT molecular complexity index is 459. The Kier molecular flexibility index (Phi) is 3.68. The molecule has 1 aromatic rings. The summed E-state index contributed by atoms with van der Waals surface area (Å²) >= 11 is 6.25. The van der Waals surface area contributed by atoms with Crippen molar-refractivity contribution in [2.45, 2.75) is 51.7 Å². The van der Waals surface area contributed by atoms with Gasteiger partial charge in [0.1, 0.15) is 5.82 Å². The number of hydrogen-bond donors (Lipinski definition) is 1. The standard InChI is InChI=1S/C15H22ClN3/c1-10-5-11(2)19(9-10)15-6-12(14(16)8-18-15)7-17-13-3-4-13/h6,8,10-11,13,17H,3-5,7,9H2,1-2H3. The van der Waals surface area contributed by atoms with Gasteiger partial charge in [-0.2, -0.15) is 0 Å². The van der Waals surface area contributed by atoms with E-state index >= 15 is 0 Å². The quantitative estimate of drug-likeness (QED) is 0.917. The first-order valence-corrected chi connectivity index (χ1v) is 7.65. The number of pyridine rings is 1. The van der Waals surface area contributed by atoms with Crippen LogP contribution >= 0.6 is 11.6 Å². The van der Waals surface area contributed by atoms with Crippen molar-refractivity contribution in [1.82, 2.24) is 10.3 Å². The Morgan fingerprint density at radius 2 is 2.21 bits per heavy atom. The van der Waals surface area contributed by atoms with Gasteiger partial charge in [-0.15, -0.1) is 0 Å². The summed E-state index contributed by atoms with van der Waals surface area (Å²) in [6.07, 6.45) is 5.66. The topological polar surface area (TPSA) is 28.2 Å². The third kappa shape index (κ3) is 3.03. The molecule has 0 amide bonds. The van der Waals surface area contributed by atoms with E-state index in [9.17, 15) is 0 Å². The molecule has 0 aromatic carbocycles. The lowest BCUT2D eigenvalue weighted by Gasteiger charge is -2.23.